The van der Waals surface area contributed by atoms with Crippen molar-refractivity contribution in [3.8, 4) is 0 Å². The molecule has 0 aromatic carbocycles. The Morgan fingerprint density at radius 3 is 2.85 bits per heavy atom. The van der Waals surface area contributed by atoms with Crippen molar-refractivity contribution in [2.45, 2.75) is 45.1 Å². The molecule has 1 aliphatic heterocycles. The Hall–Kier alpha value is -0.370. The van der Waals surface area contributed by atoms with E-state index >= 15 is 0 Å². The second kappa shape index (κ2) is 3.79. The fourth-order valence-corrected chi connectivity index (χ4v) is 2.80. The molecule has 2 aliphatic rings. The quantitative estimate of drug-likeness (QED) is 0.659. The molecule has 2 unspecified atom stereocenters. The predicted octanol–water partition coefficient (Wildman–Crippen LogP) is 1.84. The summed E-state index contributed by atoms with van der Waals surface area (Å²) in [5, 5.41) is 0. The van der Waals surface area contributed by atoms with Gasteiger partial charge in [0.1, 0.15) is 5.78 Å². The molecule has 0 aromatic rings. The number of rotatable bonds is 4. The summed E-state index contributed by atoms with van der Waals surface area (Å²) in [5.74, 6) is 1.36. The van der Waals surface area contributed by atoms with E-state index in [2.05, 4.69) is 11.8 Å². The lowest BCUT2D eigenvalue weighted by Gasteiger charge is -2.25. The van der Waals surface area contributed by atoms with Crippen molar-refractivity contribution < 1.29 is 4.79 Å². The lowest BCUT2D eigenvalue weighted by molar-refractivity contribution is -0.120. The van der Waals surface area contributed by atoms with Crippen molar-refractivity contribution in [2.24, 2.45) is 5.92 Å². The molecule has 2 rings (SSSR count). The van der Waals surface area contributed by atoms with Crippen molar-refractivity contribution in [2.75, 3.05) is 13.1 Å². The molecular formula is C11H19NO. The van der Waals surface area contributed by atoms with Crippen molar-refractivity contribution >= 4 is 5.78 Å². The van der Waals surface area contributed by atoms with Crippen LogP contribution in [0.25, 0.3) is 0 Å². The summed E-state index contributed by atoms with van der Waals surface area (Å²) in [6.45, 7) is 4.00. The highest BCUT2D eigenvalue weighted by Crippen LogP contribution is 2.36. The van der Waals surface area contributed by atoms with Gasteiger partial charge in [0, 0.05) is 19.0 Å². The van der Waals surface area contributed by atoms with Crippen LogP contribution < -0.4 is 0 Å². The van der Waals surface area contributed by atoms with Gasteiger partial charge in [-0.3, -0.25) is 9.69 Å². The Kier molecular flexibility index (Phi) is 2.68. The summed E-state index contributed by atoms with van der Waals surface area (Å²) in [7, 11) is 0. The van der Waals surface area contributed by atoms with Gasteiger partial charge in [-0.2, -0.15) is 0 Å². The van der Waals surface area contributed by atoms with E-state index in [0.717, 1.165) is 31.3 Å². The molecule has 0 aromatic heterocycles. The van der Waals surface area contributed by atoms with Gasteiger partial charge in [0.2, 0.25) is 0 Å². The number of likely N-dealkylation sites (tertiary alicyclic amines) is 1. The van der Waals surface area contributed by atoms with Crippen molar-refractivity contribution in [1.29, 1.82) is 0 Å². The topological polar surface area (TPSA) is 20.3 Å². The fourth-order valence-electron chi connectivity index (χ4n) is 2.80. The average Bonchev–Trinajstić information content (AvgIpc) is 2.65. The highest BCUT2D eigenvalue weighted by atomic mass is 16.1. The first-order valence-electron chi connectivity index (χ1n) is 5.55. The summed E-state index contributed by atoms with van der Waals surface area (Å²) >= 11 is 0. The Balaban J connectivity index is 1.79. The third-order valence-electron chi connectivity index (χ3n) is 3.43. The first-order valence-corrected chi connectivity index (χ1v) is 5.55. The maximum Gasteiger partial charge on any atom is 0.146 e. The zero-order valence-electron chi connectivity index (χ0n) is 8.46. The van der Waals surface area contributed by atoms with Crippen LogP contribution in [0.3, 0.4) is 0 Å². The van der Waals surface area contributed by atoms with E-state index in [-0.39, 0.29) is 0 Å². The average molecular weight is 181 g/mol. The largest absolute Gasteiger partial charge is 0.298 e. The summed E-state index contributed by atoms with van der Waals surface area (Å²) in [6, 6.07) is 0.755. The molecule has 0 radical (unpaired) electrons. The van der Waals surface area contributed by atoms with Gasteiger partial charge >= 0.3 is 0 Å². The normalized spacial score (nSPS) is 32.7. The van der Waals surface area contributed by atoms with Gasteiger partial charge in [0.15, 0.2) is 0 Å². The zero-order chi connectivity index (χ0) is 9.26. The van der Waals surface area contributed by atoms with Crippen LogP contribution in [-0.4, -0.2) is 29.8 Å². The minimum Gasteiger partial charge on any atom is -0.298 e. The van der Waals surface area contributed by atoms with E-state index in [4.69, 9.17) is 0 Å². The van der Waals surface area contributed by atoms with Crippen molar-refractivity contribution in [3.63, 3.8) is 0 Å². The number of hydrogen-bond acceptors (Lipinski definition) is 2. The number of Topliss-reactive ketones (excluding diaryl/α,β-unsaturated/α-hetero) is 1. The molecule has 1 saturated carbocycles. The van der Waals surface area contributed by atoms with E-state index in [1.807, 2.05) is 0 Å². The van der Waals surface area contributed by atoms with Gasteiger partial charge in [-0.1, -0.05) is 6.92 Å². The van der Waals surface area contributed by atoms with Crippen LogP contribution in [0.15, 0.2) is 0 Å². The molecule has 1 saturated heterocycles. The van der Waals surface area contributed by atoms with Crippen LogP contribution >= 0.6 is 0 Å². The Morgan fingerprint density at radius 1 is 1.46 bits per heavy atom. The maximum absolute atomic E-state index is 11.4. The highest BCUT2D eigenvalue weighted by molar-refractivity contribution is 5.80. The molecule has 13 heavy (non-hydrogen) atoms. The van der Waals surface area contributed by atoms with E-state index in [1.54, 1.807) is 0 Å². The van der Waals surface area contributed by atoms with E-state index in [9.17, 15) is 4.79 Å². The summed E-state index contributed by atoms with van der Waals surface area (Å²) in [4.78, 5) is 13.8. The van der Waals surface area contributed by atoms with Crippen molar-refractivity contribution in [1.82, 2.24) is 4.90 Å². The number of piperidine rings is 1. The smallest absolute Gasteiger partial charge is 0.146 e. The van der Waals surface area contributed by atoms with Crippen LogP contribution in [0.4, 0.5) is 0 Å². The third kappa shape index (κ3) is 1.93. The summed E-state index contributed by atoms with van der Waals surface area (Å²) < 4.78 is 0. The molecule has 74 valence electrons. The van der Waals surface area contributed by atoms with Crippen LogP contribution in [-0.2, 0) is 4.79 Å². The molecule has 2 bridgehead atoms. The number of ketones is 1. The Morgan fingerprint density at radius 2 is 2.31 bits per heavy atom. The van der Waals surface area contributed by atoms with Crippen LogP contribution in [0.2, 0.25) is 0 Å². The summed E-state index contributed by atoms with van der Waals surface area (Å²) in [6.07, 6.45) is 5.88. The van der Waals surface area contributed by atoms with Crippen LogP contribution in [0.1, 0.15) is 39.0 Å². The molecule has 2 atom stereocenters. The molecule has 1 aliphatic carbocycles. The lowest BCUT2D eigenvalue weighted by Crippen LogP contribution is -2.36. The van der Waals surface area contributed by atoms with Gasteiger partial charge in [-0.15, -0.1) is 0 Å². The fraction of sp³-hybridized carbons (Fsp3) is 0.909. The van der Waals surface area contributed by atoms with E-state index in [0.29, 0.717) is 5.78 Å². The van der Waals surface area contributed by atoms with Crippen molar-refractivity contribution in [3.05, 3.63) is 0 Å². The maximum atomic E-state index is 11.4. The molecule has 2 heteroatoms. The van der Waals surface area contributed by atoms with E-state index in [1.165, 1.54) is 25.8 Å². The molecule has 0 spiro atoms. The summed E-state index contributed by atoms with van der Waals surface area (Å²) in [5.41, 5.74) is 0. The molecular weight excluding hydrogens is 162 g/mol. The molecule has 1 heterocycles. The zero-order valence-corrected chi connectivity index (χ0v) is 8.46. The second-order valence-electron chi connectivity index (χ2n) is 4.55. The number of nitrogens with zero attached hydrogens (tertiary/aromatic N) is 1. The highest BCUT2D eigenvalue weighted by Gasteiger charge is 2.37. The number of carbonyl (C=O) groups is 1. The second-order valence-corrected chi connectivity index (χ2v) is 4.55. The van der Waals surface area contributed by atoms with E-state index < -0.39 is 0 Å². The SMILES string of the molecule is CCCC(=O)CN1CC2CCC1C2. The Labute approximate surface area is 80.3 Å². The standard InChI is InChI=1S/C11H19NO/c1-2-3-11(13)8-12-7-9-4-5-10(12)6-9/h9-10H,2-8H2,1H3. The van der Waals surface area contributed by atoms with Gasteiger partial charge in [0.25, 0.3) is 0 Å². The number of carbonyl (C=O) groups excluding carboxylic acids is 1. The van der Waals surface area contributed by atoms with Crippen LogP contribution in [0.5, 0.6) is 0 Å². The molecule has 0 amide bonds. The minimum absolute atomic E-state index is 0.440. The predicted molar refractivity (Wildman–Crippen MR) is 52.6 cm³/mol. The molecule has 2 fully saturated rings. The van der Waals surface area contributed by atoms with Gasteiger partial charge in [0.05, 0.1) is 6.54 Å². The molecule has 2 nitrogen and oxygen atoms in total. The lowest BCUT2D eigenvalue weighted by atomic mass is 10.1. The van der Waals surface area contributed by atoms with Crippen LogP contribution in [0, 0.1) is 5.92 Å². The van der Waals surface area contributed by atoms with Gasteiger partial charge in [-0.05, 0) is 31.6 Å². The first kappa shape index (κ1) is 9.20. The monoisotopic (exact) mass is 181 g/mol. The number of hydrogen-bond donors (Lipinski definition) is 0. The van der Waals surface area contributed by atoms with Gasteiger partial charge in [-0.25, -0.2) is 0 Å². The minimum atomic E-state index is 0.440. The Bertz CT molecular complexity index is 202. The first-order chi connectivity index (χ1) is 6.29. The van der Waals surface area contributed by atoms with Gasteiger partial charge < -0.3 is 0 Å². The molecule has 0 N–H and O–H groups in total. The number of fused-ring (bicyclic) bond motifs is 2. The third-order valence-corrected chi connectivity index (χ3v) is 3.43.